The lowest BCUT2D eigenvalue weighted by atomic mass is 10.0. The molecule has 2 aliphatic rings. The molecule has 0 radical (unpaired) electrons. The van der Waals surface area contributed by atoms with Gasteiger partial charge in [0, 0.05) is 35.8 Å². The molecule has 1 fully saturated rings. The number of halogens is 3. The van der Waals surface area contributed by atoms with Crippen LogP contribution in [0.5, 0.6) is 0 Å². The average Bonchev–Trinajstić information content (AvgIpc) is 3.43. The highest BCUT2D eigenvalue weighted by Gasteiger charge is 2.37. The highest BCUT2D eigenvalue weighted by Crippen LogP contribution is 2.39. The second-order valence-electron chi connectivity index (χ2n) is 9.48. The predicted octanol–water partition coefficient (Wildman–Crippen LogP) is 4.75. The van der Waals surface area contributed by atoms with Gasteiger partial charge in [-0.2, -0.15) is 18.4 Å². The number of hydrogen-bond acceptors (Lipinski definition) is 7. The van der Waals surface area contributed by atoms with Crippen LogP contribution in [0.15, 0.2) is 61.1 Å². The van der Waals surface area contributed by atoms with Crippen molar-refractivity contribution in [3.05, 3.63) is 78.0 Å². The first-order chi connectivity index (χ1) is 18.7. The van der Waals surface area contributed by atoms with E-state index in [0.717, 1.165) is 42.6 Å². The first-order valence-electron chi connectivity index (χ1n) is 12.2. The smallest absolute Gasteiger partial charge is 0.382 e. The predicted molar refractivity (Wildman–Crippen MR) is 137 cm³/mol. The van der Waals surface area contributed by atoms with Crippen LogP contribution in [0.3, 0.4) is 0 Å². The molecule has 0 saturated carbocycles. The minimum atomic E-state index is -4.55. The van der Waals surface area contributed by atoms with Crippen molar-refractivity contribution < 1.29 is 18.0 Å². The largest absolute Gasteiger partial charge is 0.416 e. The number of nitrogens with one attached hydrogen (secondary N) is 1. The first kappa shape index (κ1) is 24.4. The quantitative estimate of drug-likeness (QED) is 0.365. The number of nitriles is 1. The van der Waals surface area contributed by atoms with Gasteiger partial charge in [0.25, 0.3) is 5.91 Å². The Hall–Kier alpha value is -4.92. The Morgan fingerprint density at radius 3 is 2.64 bits per heavy atom. The Balaban J connectivity index is 1.31. The fraction of sp³-hybridized carbons (Fsp3) is 0.222. The molecule has 2 unspecified atom stereocenters. The first-order valence-corrected chi connectivity index (χ1v) is 12.2. The molecule has 1 amide bonds. The van der Waals surface area contributed by atoms with E-state index in [1.807, 2.05) is 9.30 Å². The zero-order chi connectivity index (χ0) is 27.3. The third-order valence-electron chi connectivity index (χ3n) is 7.13. The summed E-state index contributed by atoms with van der Waals surface area (Å²) in [5.41, 5.74) is 8.51. The van der Waals surface area contributed by atoms with E-state index in [1.165, 1.54) is 0 Å². The molecule has 5 heterocycles. The number of carbonyl (C=O) groups is 1. The van der Waals surface area contributed by atoms with Gasteiger partial charge < -0.3 is 16.0 Å². The van der Waals surface area contributed by atoms with Gasteiger partial charge in [0.2, 0.25) is 0 Å². The number of fused-ring (bicyclic) bond motifs is 3. The summed E-state index contributed by atoms with van der Waals surface area (Å²) in [6.45, 7) is 0. The van der Waals surface area contributed by atoms with Crippen LogP contribution >= 0.6 is 0 Å². The Morgan fingerprint density at radius 2 is 1.92 bits per heavy atom. The maximum absolute atomic E-state index is 13.0. The van der Waals surface area contributed by atoms with E-state index in [9.17, 15) is 23.2 Å². The maximum atomic E-state index is 13.0. The number of carbonyl (C=O) groups excluding carboxylic acids is 1. The fourth-order valence-electron chi connectivity index (χ4n) is 5.29. The lowest BCUT2D eigenvalue weighted by Crippen LogP contribution is -2.34. The van der Waals surface area contributed by atoms with Crippen LogP contribution in [-0.2, 0) is 6.18 Å². The summed E-state index contributed by atoms with van der Waals surface area (Å²) in [4.78, 5) is 27.5. The number of benzene rings is 1. The highest BCUT2D eigenvalue weighted by atomic mass is 19.4. The Morgan fingerprint density at radius 1 is 1.13 bits per heavy atom. The van der Waals surface area contributed by atoms with Crippen molar-refractivity contribution in [2.75, 3.05) is 11.1 Å². The topological polar surface area (TPSA) is 125 Å². The van der Waals surface area contributed by atoms with Crippen LogP contribution in [0.1, 0.15) is 41.0 Å². The van der Waals surface area contributed by atoms with Crippen LogP contribution in [0, 0.1) is 11.5 Å². The van der Waals surface area contributed by atoms with Gasteiger partial charge in [0.05, 0.1) is 11.6 Å². The van der Waals surface area contributed by atoms with E-state index in [4.69, 9.17) is 10.7 Å². The lowest BCUT2D eigenvalue weighted by Gasteiger charge is -2.28. The molecule has 2 aliphatic heterocycles. The Bertz CT molecular complexity index is 1670. The van der Waals surface area contributed by atoms with E-state index < -0.39 is 17.6 Å². The van der Waals surface area contributed by atoms with Crippen molar-refractivity contribution >= 4 is 28.6 Å². The molecule has 4 aromatic rings. The molecule has 2 atom stereocenters. The normalized spacial score (nSPS) is 18.6. The summed E-state index contributed by atoms with van der Waals surface area (Å²) >= 11 is 0. The fourth-order valence-corrected chi connectivity index (χ4v) is 5.29. The number of nitrogens with zero attached hydrogens (tertiary/aromatic N) is 6. The van der Waals surface area contributed by atoms with Crippen LogP contribution < -0.4 is 11.1 Å². The van der Waals surface area contributed by atoms with Crippen molar-refractivity contribution in [3.63, 3.8) is 0 Å². The van der Waals surface area contributed by atoms with E-state index in [2.05, 4.69) is 27.6 Å². The van der Waals surface area contributed by atoms with Crippen LogP contribution in [0.25, 0.3) is 22.3 Å². The van der Waals surface area contributed by atoms with E-state index in [1.54, 1.807) is 36.7 Å². The number of nitrogen functional groups attached to an aromatic ring is 1. The molecule has 0 aliphatic carbocycles. The van der Waals surface area contributed by atoms with E-state index in [0.29, 0.717) is 29.0 Å². The molecule has 1 saturated heterocycles. The van der Waals surface area contributed by atoms with Crippen LogP contribution in [0.2, 0.25) is 0 Å². The third-order valence-corrected chi connectivity index (χ3v) is 7.13. The molecule has 9 nitrogen and oxygen atoms in total. The lowest BCUT2D eigenvalue weighted by molar-refractivity contribution is -0.137. The zero-order valence-corrected chi connectivity index (χ0v) is 20.4. The number of nitrogens with two attached hydrogens (primary N) is 1. The molecule has 39 heavy (non-hydrogen) atoms. The van der Waals surface area contributed by atoms with Crippen molar-refractivity contribution in [1.29, 1.82) is 5.26 Å². The van der Waals surface area contributed by atoms with E-state index >= 15 is 0 Å². The Kier molecular flexibility index (Phi) is 5.71. The number of pyridine rings is 1. The van der Waals surface area contributed by atoms with Gasteiger partial charge in [-0.05, 0) is 49.1 Å². The standard InChI is InChI=1S/C27H21F3N8O/c28-27(29,30)18-7-8-33-21(13-18)35-26(39)16-3-1-15(2-4-16)22-23-24(32)34-9-10-37(23)25(36-22)17-11-19-5-6-20(12-17)38(19)14-31/h1-4,7-11,13,19-20H,5-6,12H2,(H2,32,34)(H,33,35,39). The molecule has 3 N–H and O–H groups in total. The summed E-state index contributed by atoms with van der Waals surface area (Å²) in [5.74, 6) is 0.213. The molecule has 0 spiro atoms. The number of anilines is 2. The van der Waals surface area contributed by atoms with Gasteiger partial charge in [0.1, 0.15) is 28.7 Å². The number of hydrogen-bond donors (Lipinski definition) is 2. The summed E-state index contributed by atoms with van der Waals surface area (Å²) in [6, 6.07) is 8.31. The van der Waals surface area contributed by atoms with Gasteiger partial charge in [-0.25, -0.2) is 15.0 Å². The van der Waals surface area contributed by atoms with Gasteiger partial charge in [-0.1, -0.05) is 18.2 Å². The number of aromatic nitrogens is 4. The van der Waals surface area contributed by atoms with Crippen LogP contribution in [0.4, 0.5) is 24.8 Å². The van der Waals surface area contributed by atoms with Gasteiger partial charge in [-0.15, -0.1) is 0 Å². The molecule has 3 aromatic heterocycles. The molecule has 6 rings (SSSR count). The number of rotatable bonds is 4. The summed E-state index contributed by atoms with van der Waals surface area (Å²) < 4.78 is 40.9. The molecule has 2 bridgehead atoms. The number of alkyl halides is 3. The summed E-state index contributed by atoms with van der Waals surface area (Å²) in [5, 5.41) is 11.9. The van der Waals surface area contributed by atoms with Crippen molar-refractivity contribution in [3.8, 4) is 17.5 Å². The minimum Gasteiger partial charge on any atom is -0.382 e. The summed E-state index contributed by atoms with van der Waals surface area (Å²) in [6.07, 6.45) is 6.78. The SMILES string of the molecule is N#CN1C2C=C(c3nc(-c4ccc(C(=O)Nc5cc(C(F)(F)F)ccn5)cc4)c4c(N)nccn34)CC1CC2. The molecule has 1 aromatic carbocycles. The summed E-state index contributed by atoms with van der Waals surface area (Å²) in [7, 11) is 0. The van der Waals surface area contributed by atoms with Gasteiger partial charge in [-0.3, -0.25) is 9.20 Å². The number of imidazole rings is 1. The number of amides is 1. The molecule has 196 valence electrons. The average molecular weight is 531 g/mol. The molecular weight excluding hydrogens is 509 g/mol. The highest BCUT2D eigenvalue weighted by molar-refractivity contribution is 6.04. The minimum absolute atomic E-state index is 0.0443. The van der Waals surface area contributed by atoms with Crippen molar-refractivity contribution in [2.45, 2.75) is 37.5 Å². The molecule has 12 heteroatoms. The van der Waals surface area contributed by atoms with Crippen molar-refractivity contribution in [2.24, 2.45) is 0 Å². The van der Waals surface area contributed by atoms with Gasteiger partial charge >= 0.3 is 6.18 Å². The van der Waals surface area contributed by atoms with Gasteiger partial charge in [0.15, 0.2) is 6.19 Å². The Labute approximate surface area is 220 Å². The second kappa shape index (κ2) is 9.13. The van der Waals surface area contributed by atoms with Crippen LogP contribution in [-0.4, -0.2) is 42.2 Å². The maximum Gasteiger partial charge on any atom is 0.416 e. The van der Waals surface area contributed by atoms with Crippen molar-refractivity contribution in [1.82, 2.24) is 24.3 Å². The zero-order valence-electron chi connectivity index (χ0n) is 20.4. The van der Waals surface area contributed by atoms with E-state index in [-0.39, 0.29) is 23.5 Å². The molecular formula is C27H21F3N8O. The second-order valence-corrected chi connectivity index (χ2v) is 9.48. The monoisotopic (exact) mass is 530 g/mol. The third kappa shape index (κ3) is 4.31.